The molecule has 0 fully saturated rings. The van der Waals surface area contributed by atoms with Crippen LogP contribution in [0.1, 0.15) is 0 Å². The van der Waals surface area contributed by atoms with Crippen molar-refractivity contribution in [1.82, 2.24) is 18.8 Å². The lowest BCUT2D eigenvalue weighted by Gasteiger charge is -2.10. The van der Waals surface area contributed by atoms with Crippen LogP contribution in [0.3, 0.4) is 0 Å². The Hall–Kier alpha value is -5.22. The number of fused-ring (bicyclic) bond motifs is 12. The van der Waals surface area contributed by atoms with Gasteiger partial charge in [-0.05, 0) is 47.2 Å². The molecule has 38 heavy (non-hydrogen) atoms. The smallest absolute Gasteiger partial charge is 0.145 e. The summed E-state index contributed by atoms with van der Waals surface area (Å²) in [4.78, 5) is 9.85. The number of hydrogen-bond donors (Lipinski definition) is 0. The third kappa shape index (κ3) is 2.39. The third-order valence-electron chi connectivity index (χ3n) is 7.97. The summed E-state index contributed by atoms with van der Waals surface area (Å²) in [6, 6.07) is 39.1. The molecule has 4 heteroatoms. The van der Waals surface area contributed by atoms with Gasteiger partial charge < -0.3 is 0 Å². The van der Waals surface area contributed by atoms with Crippen LogP contribution in [0.15, 0.2) is 122 Å². The van der Waals surface area contributed by atoms with Crippen LogP contribution in [-0.4, -0.2) is 18.8 Å². The molecule has 0 aliphatic rings. The fourth-order valence-electron chi connectivity index (χ4n) is 6.49. The molecule has 9 aromatic rings. The van der Waals surface area contributed by atoms with E-state index in [1.54, 1.807) is 0 Å². The molecule has 0 radical (unpaired) electrons. The number of nitrogens with zero attached hydrogens (tertiary/aromatic N) is 4. The zero-order valence-electron chi connectivity index (χ0n) is 20.3. The molecule has 5 heterocycles. The van der Waals surface area contributed by atoms with Gasteiger partial charge in [0, 0.05) is 44.7 Å². The minimum absolute atomic E-state index is 0.953. The lowest BCUT2D eigenvalue weighted by atomic mass is 10.0. The Balaban J connectivity index is 1.82. The second-order valence-electron chi connectivity index (χ2n) is 9.86. The second-order valence-corrected chi connectivity index (χ2v) is 9.86. The first kappa shape index (κ1) is 19.9. The first-order chi connectivity index (χ1) is 18.9. The van der Waals surface area contributed by atoms with Crippen molar-refractivity contribution in [2.24, 2.45) is 0 Å². The SMILES string of the molecule is c1ccc2c(c1)c1cccc3c4cccnc4n(c4ccccc4n4c5ncccc5c5cccc2c54)c13. The van der Waals surface area contributed by atoms with E-state index in [0.29, 0.717) is 0 Å². The lowest BCUT2D eigenvalue weighted by molar-refractivity contribution is 1.22. The van der Waals surface area contributed by atoms with E-state index in [4.69, 9.17) is 9.97 Å². The Bertz CT molecular complexity index is 2290. The molecular formula is C34H20N4. The maximum atomic E-state index is 4.93. The Labute approximate surface area is 216 Å². The molecule has 0 unspecified atom stereocenters. The highest BCUT2D eigenvalue weighted by Gasteiger charge is 2.17. The van der Waals surface area contributed by atoms with Crippen molar-refractivity contribution in [3.63, 3.8) is 0 Å². The van der Waals surface area contributed by atoms with Gasteiger partial charge in [0.1, 0.15) is 11.3 Å². The van der Waals surface area contributed by atoms with Crippen molar-refractivity contribution < 1.29 is 0 Å². The average molecular weight is 485 g/mol. The van der Waals surface area contributed by atoms with E-state index >= 15 is 0 Å². The van der Waals surface area contributed by atoms with Crippen LogP contribution in [-0.2, 0) is 0 Å². The van der Waals surface area contributed by atoms with Gasteiger partial charge >= 0.3 is 0 Å². The van der Waals surface area contributed by atoms with Crippen molar-refractivity contribution in [3.8, 4) is 0 Å². The fraction of sp³-hybridized carbons (Fsp3) is 0. The first-order valence-electron chi connectivity index (χ1n) is 12.9. The Morgan fingerprint density at radius 3 is 1.18 bits per heavy atom. The predicted octanol–water partition coefficient (Wildman–Crippen LogP) is 8.46. The summed E-state index contributed by atoms with van der Waals surface area (Å²) in [7, 11) is 0. The Kier molecular flexibility index (Phi) is 3.76. The number of hydrogen-bond acceptors (Lipinski definition) is 2. The maximum Gasteiger partial charge on any atom is 0.145 e. The largest absolute Gasteiger partial charge is 0.291 e. The molecule has 0 aliphatic heterocycles. The monoisotopic (exact) mass is 484 g/mol. The van der Waals surface area contributed by atoms with Gasteiger partial charge in [-0.25, -0.2) is 9.97 Å². The molecule has 4 nitrogen and oxygen atoms in total. The highest BCUT2D eigenvalue weighted by atomic mass is 15.0. The van der Waals surface area contributed by atoms with Gasteiger partial charge in [-0.15, -0.1) is 0 Å². The molecule has 0 saturated carbocycles. The van der Waals surface area contributed by atoms with Crippen molar-refractivity contribution >= 4 is 76.5 Å². The molecule has 9 rings (SSSR count). The highest BCUT2D eigenvalue weighted by Crippen LogP contribution is 2.39. The van der Waals surface area contributed by atoms with Gasteiger partial charge in [-0.3, -0.25) is 8.80 Å². The van der Waals surface area contributed by atoms with Gasteiger partial charge in [0.2, 0.25) is 0 Å². The summed E-state index contributed by atoms with van der Waals surface area (Å²) in [6.45, 7) is 0. The minimum atomic E-state index is 0.953. The van der Waals surface area contributed by atoms with Gasteiger partial charge in [0.05, 0.1) is 22.1 Å². The van der Waals surface area contributed by atoms with Crippen LogP contribution < -0.4 is 0 Å². The third-order valence-corrected chi connectivity index (χ3v) is 7.97. The molecule has 5 aromatic heterocycles. The number of rotatable bonds is 0. The number of aromatic nitrogens is 4. The summed E-state index contributed by atoms with van der Waals surface area (Å²) in [5.74, 6) is 0. The topological polar surface area (TPSA) is 34.6 Å². The number of para-hydroxylation sites is 4. The van der Waals surface area contributed by atoms with Gasteiger partial charge in [0.15, 0.2) is 0 Å². The normalized spacial score (nSPS) is 12.2. The highest BCUT2D eigenvalue weighted by molar-refractivity contribution is 6.25. The first-order valence-corrected chi connectivity index (χ1v) is 12.9. The molecule has 0 N–H and O–H groups in total. The molecule has 0 saturated heterocycles. The number of pyridine rings is 2. The van der Waals surface area contributed by atoms with Crippen LogP contribution in [0.4, 0.5) is 0 Å². The minimum Gasteiger partial charge on any atom is -0.291 e. The summed E-state index contributed by atoms with van der Waals surface area (Å²) in [5.41, 5.74) is 6.40. The molecule has 0 spiro atoms. The summed E-state index contributed by atoms with van der Waals surface area (Å²) < 4.78 is 4.70. The summed E-state index contributed by atoms with van der Waals surface area (Å²) in [5, 5.41) is 9.51. The van der Waals surface area contributed by atoms with Gasteiger partial charge in [0.25, 0.3) is 0 Å². The molecule has 0 aliphatic carbocycles. The molecule has 0 atom stereocenters. The Morgan fingerprint density at radius 1 is 0.342 bits per heavy atom. The van der Waals surface area contributed by atoms with Gasteiger partial charge in [-0.2, -0.15) is 0 Å². The molecular weight excluding hydrogens is 464 g/mol. The Morgan fingerprint density at radius 2 is 0.711 bits per heavy atom. The average Bonchev–Trinajstić information content (AvgIpc) is 3.50. The number of benzene rings is 4. The van der Waals surface area contributed by atoms with Crippen molar-refractivity contribution in [2.45, 2.75) is 0 Å². The molecule has 0 amide bonds. The van der Waals surface area contributed by atoms with Crippen LogP contribution in [0, 0.1) is 0 Å². The predicted molar refractivity (Wildman–Crippen MR) is 158 cm³/mol. The van der Waals surface area contributed by atoms with Crippen LogP contribution in [0.5, 0.6) is 0 Å². The van der Waals surface area contributed by atoms with E-state index in [9.17, 15) is 0 Å². The standard InChI is InChI=1S/C34H20N4/c1-2-10-22-21(9-1)23-11-5-13-25-27-15-7-19-35-33(27)37(31(23)25)29-17-3-4-18-30(29)38-32-24(22)12-6-14-26(32)28-16-8-20-36-34(28)38/h1-20H. The summed E-state index contributed by atoms with van der Waals surface area (Å²) >= 11 is 0. The fourth-order valence-corrected chi connectivity index (χ4v) is 6.49. The summed E-state index contributed by atoms with van der Waals surface area (Å²) in [6.07, 6.45) is 3.78. The second kappa shape index (κ2) is 7.17. The van der Waals surface area contributed by atoms with Crippen molar-refractivity contribution in [1.29, 1.82) is 0 Å². The van der Waals surface area contributed by atoms with E-state index in [-0.39, 0.29) is 0 Å². The lowest BCUT2D eigenvalue weighted by Crippen LogP contribution is -1.94. The van der Waals surface area contributed by atoms with Crippen LogP contribution >= 0.6 is 0 Å². The van der Waals surface area contributed by atoms with E-state index in [0.717, 1.165) is 33.1 Å². The zero-order valence-corrected chi connectivity index (χ0v) is 20.3. The molecule has 176 valence electrons. The zero-order chi connectivity index (χ0) is 24.8. The van der Waals surface area contributed by atoms with Crippen molar-refractivity contribution in [2.75, 3.05) is 0 Å². The van der Waals surface area contributed by atoms with E-state index < -0.39 is 0 Å². The maximum absolute atomic E-state index is 4.93. The van der Waals surface area contributed by atoms with Crippen molar-refractivity contribution in [3.05, 3.63) is 122 Å². The quantitative estimate of drug-likeness (QED) is 0.216. The van der Waals surface area contributed by atoms with Crippen LogP contribution in [0.2, 0.25) is 0 Å². The molecule has 0 bridgehead atoms. The van der Waals surface area contributed by atoms with E-state index in [2.05, 4.69) is 106 Å². The molecule has 4 aromatic carbocycles. The van der Waals surface area contributed by atoms with Gasteiger partial charge in [-0.1, -0.05) is 72.8 Å². The van der Waals surface area contributed by atoms with E-state index in [1.807, 2.05) is 24.5 Å². The van der Waals surface area contributed by atoms with E-state index in [1.165, 1.54) is 43.4 Å². The van der Waals surface area contributed by atoms with Crippen LogP contribution in [0.25, 0.3) is 76.5 Å².